The number of nitrogens with two attached hydrogens (primary N) is 2. The van der Waals surface area contributed by atoms with Crippen molar-refractivity contribution in [1.82, 2.24) is 4.98 Å². The lowest BCUT2D eigenvalue weighted by Gasteiger charge is -2.27. The third-order valence-corrected chi connectivity index (χ3v) is 3.41. The summed E-state index contributed by atoms with van der Waals surface area (Å²) in [7, 11) is 0. The van der Waals surface area contributed by atoms with Crippen LogP contribution < -0.4 is 16.8 Å². The third kappa shape index (κ3) is 2.98. The van der Waals surface area contributed by atoms with Crippen LogP contribution in [0.15, 0.2) is 12.1 Å². The Bertz CT molecular complexity index is 439. The average Bonchev–Trinajstić information content (AvgIpc) is 2.32. The van der Waals surface area contributed by atoms with Crippen LogP contribution in [0.3, 0.4) is 0 Å². The van der Waals surface area contributed by atoms with E-state index in [9.17, 15) is 4.79 Å². The van der Waals surface area contributed by atoms with Crippen molar-refractivity contribution in [3.8, 4) is 0 Å². The molecule has 1 aromatic heterocycles. The number of aryl methyl sites for hydroxylation is 1. The Morgan fingerprint density at radius 3 is 2.61 bits per heavy atom. The van der Waals surface area contributed by atoms with Crippen LogP contribution in [0.2, 0.25) is 0 Å². The summed E-state index contributed by atoms with van der Waals surface area (Å²) in [5, 5.41) is 3.32. The van der Waals surface area contributed by atoms with Crippen LogP contribution in [-0.2, 0) is 0 Å². The SMILES string of the molecule is Cc1ccc(C(N)=O)c(NC2CCC(N)CC2)n1. The topological polar surface area (TPSA) is 94.0 Å². The van der Waals surface area contributed by atoms with Crippen LogP contribution in [0.25, 0.3) is 0 Å². The van der Waals surface area contributed by atoms with E-state index in [2.05, 4.69) is 10.3 Å². The number of aromatic nitrogens is 1. The van der Waals surface area contributed by atoms with Gasteiger partial charge < -0.3 is 16.8 Å². The maximum absolute atomic E-state index is 11.3. The van der Waals surface area contributed by atoms with Gasteiger partial charge in [-0.25, -0.2) is 4.98 Å². The Hall–Kier alpha value is -1.62. The zero-order valence-corrected chi connectivity index (χ0v) is 10.6. The minimum atomic E-state index is -0.447. The van der Waals surface area contributed by atoms with Crippen LogP contribution >= 0.6 is 0 Å². The third-order valence-electron chi connectivity index (χ3n) is 3.41. The van der Waals surface area contributed by atoms with Gasteiger partial charge in [-0.3, -0.25) is 4.79 Å². The molecule has 18 heavy (non-hydrogen) atoms. The number of anilines is 1. The molecule has 0 aromatic carbocycles. The van der Waals surface area contributed by atoms with Crippen molar-refractivity contribution >= 4 is 11.7 Å². The molecule has 1 heterocycles. The Morgan fingerprint density at radius 2 is 2.00 bits per heavy atom. The maximum atomic E-state index is 11.3. The van der Waals surface area contributed by atoms with Crippen LogP contribution in [0, 0.1) is 6.92 Å². The van der Waals surface area contributed by atoms with Crippen molar-refractivity contribution in [3.63, 3.8) is 0 Å². The van der Waals surface area contributed by atoms with Gasteiger partial charge in [-0.05, 0) is 44.7 Å². The first-order valence-corrected chi connectivity index (χ1v) is 6.36. The molecule has 1 aromatic rings. The van der Waals surface area contributed by atoms with Crippen LogP contribution in [0.4, 0.5) is 5.82 Å². The number of amides is 1. The number of carbonyl (C=O) groups excluding carboxylic acids is 1. The second-order valence-corrected chi connectivity index (χ2v) is 4.97. The summed E-state index contributed by atoms with van der Waals surface area (Å²) < 4.78 is 0. The molecule has 1 saturated carbocycles. The quantitative estimate of drug-likeness (QED) is 0.748. The molecule has 0 spiro atoms. The van der Waals surface area contributed by atoms with Gasteiger partial charge in [0.1, 0.15) is 5.82 Å². The van der Waals surface area contributed by atoms with E-state index in [1.807, 2.05) is 6.92 Å². The molecule has 0 unspecified atom stereocenters. The predicted molar refractivity (Wildman–Crippen MR) is 71.3 cm³/mol. The summed E-state index contributed by atoms with van der Waals surface area (Å²) >= 11 is 0. The van der Waals surface area contributed by atoms with E-state index in [0.717, 1.165) is 31.4 Å². The first-order chi connectivity index (χ1) is 8.56. The molecule has 1 aliphatic carbocycles. The number of nitrogens with zero attached hydrogens (tertiary/aromatic N) is 1. The van der Waals surface area contributed by atoms with Crippen molar-refractivity contribution < 1.29 is 4.79 Å². The van der Waals surface area contributed by atoms with Gasteiger partial charge in [-0.1, -0.05) is 0 Å². The molecule has 5 N–H and O–H groups in total. The van der Waals surface area contributed by atoms with Gasteiger partial charge in [0.25, 0.3) is 5.91 Å². The summed E-state index contributed by atoms with van der Waals surface area (Å²) in [5.41, 5.74) is 12.6. The number of primary amides is 1. The molecule has 1 amide bonds. The number of pyridine rings is 1. The van der Waals surface area contributed by atoms with Crippen LogP contribution in [0.1, 0.15) is 41.7 Å². The molecule has 0 bridgehead atoms. The summed E-state index contributed by atoms with van der Waals surface area (Å²) in [6, 6.07) is 4.16. The van der Waals surface area contributed by atoms with Crippen molar-refractivity contribution in [2.24, 2.45) is 11.5 Å². The number of nitrogens with one attached hydrogen (secondary N) is 1. The minimum absolute atomic E-state index is 0.309. The van der Waals surface area contributed by atoms with Crippen molar-refractivity contribution in [3.05, 3.63) is 23.4 Å². The molecule has 0 atom stereocenters. The standard InChI is InChI=1S/C13H20N4O/c1-8-2-7-11(12(15)18)13(16-8)17-10-5-3-9(14)4-6-10/h2,7,9-10H,3-6,14H2,1H3,(H2,15,18)(H,16,17). The van der Waals surface area contributed by atoms with Gasteiger partial charge in [0.15, 0.2) is 0 Å². The Kier molecular flexibility index (Phi) is 3.81. The summed E-state index contributed by atoms with van der Waals surface area (Å²) in [4.78, 5) is 15.7. The van der Waals surface area contributed by atoms with E-state index in [1.54, 1.807) is 12.1 Å². The van der Waals surface area contributed by atoms with Gasteiger partial charge in [0.2, 0.25) is 0 Å². The smallest absolute Gasteiger partial charge is 0.252 e. The van der Waals surface area contributed by atoms with Crippen molar-refractivity contribution in [2.45, 2.75) is 44.7 Å². The highest BCUT2D eigenvalue weighted by Gasteiger charge is 2.20. The molecule has 1 fully saturated rings. The Labute approximate surface area is 107 Å². The summed E-state index contributed by atoms with van der Waals surface area (Å²) in [6.07, 6.45) is 4.04. The molecule has 5 heteroatoms. The zero-order chi connectivity index (χ0) is 13.1. The van der Waals surface area contributed by atoms with Gasteiger partial charge in [0, 0.05) is 17.8 Å². The van der Waals surface area contributed by atoms with Crippen molar-refractivity contribution in [2.75, 3.05) is 5.32 Å². The van der Waals surface area contributed by atoms with Crippen molar-refractivity contribution in [1.29, 1.82) is 0 Å². The van der Waals surface area contributed by atoms with E-state index in [-0.39, 0.29) is 0 Å². The fraction of sp³-hybridized carbons (Fsp3) is 0.538. The van der Waals surface area contributed by atoms with E-state index < -0.39 is 5.91 Å². The lowest BCUT2D eigenvalue weighted by Crippen LogP contribution is -2.33. The molecular formula is C13H20N4O. The highest BCUT2D eigenvalue weighted by atomic mass is 16.1. The second-order valence-electron chi connectivity index (χ2n) is 4.97. The predicted octanol–water partition coefficient (Wildman–Crippen LogP) is 1.17. The second kappa shape index (κ2) is 5.35. The number of hydrogen-bond acceptors (Lipinski definition) is 4. The number of carbonyl (C=O) groups is 1. The average molecular weight is 248 g/mol. The Morgan fingerprint density at radius 1 is 1.33 bits per heavy atom. The molecule has 0 radical (unpaired) electrons. The molecule has 2 rings (SSSR count). The lowest BCUT2D eigenvalue weighted by molar-refractivity contribution is 0.100. The first-order valence-electron chi connectivity index (χ1n) is 6.36. The lowest BCUT2D eigenvalue weighted by atomic mass is 9.92. The van der Waals surface area contributed by atoms with E-state index in [4.69, 9.17) is 11.5 Å². The van der Waals surface area contributed by atoms with Gasteiger partial charge in [-0.2, -0.15) is 0 Å². The molecule has 98 valence electrons. The molecule has 1 aliphatic rings. The van der Waals surface area contributed by atoms with Crippen LogP contribution in [-0.4, -0.2) is 23.0 Å². The van der Waals surface area contributed by atoms with Gasteiger partial charge >= 0.3 is 0 Å². The fourth-order valence-corrected chi connectivity index (χ4v) is 2.32. The van der Waals surface area contributed by atoms with Crippen LogP contribution in [0.5, 0.6) is 0 Å². The summed E-state index contributed by atoms with van der Waals surface area (Å²) in [5.74, 6) is 0.153. The monoisotopic (exact) mass is 248 g/mol. The molecular weight excluding hydrogens is 228 g/mol. The Balaban J connectivity index is 2.12. The first kappa shape index (κ1) is 12.8. The maximum Gasteiger partial charge on any atom is 0.252 e. The summed E-state index contributed by atoms with van der Waals surface area (Å²) in [6.45, 7) is 1.90. The highest BCUT2D eigenvalue weighted by molar-refractivity contribution is 5.97. The molecule has 5 nitrogen and oxygen atoms in total. The molecule has 0 saturated heterocycles. The van der Waals surface area contributed by atoms with Gasteiger partial charge in [-0.15, -0.1) is 0 Å². The largest absolute Gasteiger partial charge is 0.367 e. The molecule has 0 aliphatic heterocycles. The van der Waals surface area contributed by atoms with E-state index in [1.165, 1.54) is 0 Å². The minimum Gasteiger partial charge on any atom is -0.367 e. The van der Waals surface area contributed by atoms with E-state index in [0.29, 0.717) is 23.5 Å². The number of hydrogen-bond donors (Lipinski definition) is 3. The van der Waals surface area contributed by atoms with Gasteiger partial charge in [0.05, 0.1) is 5.56 Å². The fourth-order valence-electron chi connectivity index (χ4n) is 2.32. The number of rotatable bonds is 3. The van der Waals surface area contributed by atoms with E-state index >= 15 is 0 Å². The normalized spacial score (nSPS) is 23.7. The zero-order valence-electron chi connectivity index (χ0n) is 10.6. The highest BCUT2D eigenvalue weighted by Crippen LogP contribution is 2.22.